The predicted octanol–water partition coefficient (Wildman–Crippen LogP) is 19.0. The van der Waals surface area contributed by atoms with E-state index in [1.54, 1.807) is 0 Å². The number of furan rings is 1. The lowest BCUT2D eigenvalue weighted by atomic mass is 9.81. The molecule has 0 atom stereocenters. The second-order valence-corrected chi connectivity index (χ2v) is 20.7. The first-order valence-electron chi connectivity index (χ1n) is 25.4. The highest BCUT2D eigenvalue weighted by Crippen LogP contribution is 2.56. The van der Waals surface area contributed by atoms with Gasteiger partial charge in [0.2, 0.25) is 0 Å². The maximum atomic E-state index is 6.80. The number of pyridine rings is 1. The Hall–Kier alpha value is -8.99. The normalized spacial score (nSPS) is 13.7. The summed E-state index contributed by atoms with van der Waals surface area (Å²) in [5.74, 6) is 0. The van der Waals surface area contributed by atoms with Gasteiger partial charge in [-0.15, -0.1) is 0 Å². The van der Waals surface area contributed by atoms with Crippen LogP contribution < -0.4 is 9.80 Å². The summed E-state index contributed by atoms with van der Waals surface area (Å²) in [6.45, 7) is 9.44. The molecule has 73 heavy (non-hydrogen) atoms. The summed E-state index contributed by atoms with van der Waals surface area (Å²) in [6.07, 6.45) is 2.03. The van der Waals surface area contributed by atoms with Crippen molar-refractivity contribution in [2.75, 3.05) is 9.80 Å². The fraction of sp³-hybridized carbons (Fsp3) is 0.0870. The number of hydrogen-bond acceptors (Lipinski definition) is 4. The van der Waals surface area contributed by atoms with Gasteiger partial charge in [0.15, 0.2) is 5.58 Å². The first kappa shape index (κ1) is 42.9. The molecule has 0 amide bonds. The average molecular weight is 938 g/mol. The van der Waals surface area contributed by atoms with Gasteiger partial charge >= 0.3 is 0 Å². The lowest BCUT2D eigenvalue weighted by Gasteiger charge is -2.30. The number of rotatable bonds is 8. The van der Waals surface area contributed by atoms with E-state index in [4.69, 9.17) is 9.40 Å². The molecule has 0 fully saturated rings. The Morgan fingerprint density at radius 1 is 0.356 bits per heavy atom. The minimum atomic E-state index is -0.335. The minimum absolute atomic E-state index is 0.111. The second kappa shape index (κ2) is 16.3. The number of anilines is 6. The Labute approximate surface area is 426 Å². The van der Waals surface area contributed by atoms with Crippen LogP contribution in [0.25, 0.3) is 77.3 Å². The van der Waals surface area contributed by atoms with Crippen molar-refractivity contribution in [1.82, 2.24) is 4.98 Å². The number of para-hydroxylation sites is 3. The van der Waals surface area contributed by atoms with Crippen LogP contribution in [0.15, 0.2) is 241 Å². The van der Waals surface area contributed by atoms with E-state index in [2.05, 4.69) is 262 Å². The third-order valence-electron chi connectivity index (χ3n) is 15.9. The fourth-order valence-corrected chi connectivity index (χ4v) is 12.2. The summed E-state index contributed by atoms with van der Waals surface area (Å²) in [4.78, 5) is 9.99. The molecule has 2 aliphatic rings. The van der Waals surface area contributed by atoms with Crippen molar-refractivity contribution in [1.29, 1.82) is 0 Å². The average Bonchev–Trinajstić information content (AvgIpc) is 4.02. The molecule has 14 rings (SSSR count). The minimum Gasteiger partial charge on any atom is -0.454 e. The highest BCUT2D eigenvalue weighted by atomic mass is 16.3. The summed E-state index contributed by atoms with van der Waals surface area (Å²) in [6, 6.07) is 83.6. The van der Waals surface area contributed by atoms with Crippen LogP contribution >= 0.6 is 0 Å². The number of fused-ring (bicyclic) bond motifs is 11. The van der Waals surface area contributed by atoms with E-state index in [1.165, 1.54) is 66.4 Å². The molecule has 4 heteroatoms. The van der Waals surface area contributed by atoms with E-state index in [1.807, 2.05) is 12.3 Å². The third-order valence-corrected chi connectivity index (χ3v) is 15.9. The van der Waals surface area contributed by atoms with E-state index in [9.17, 15) is 0 Å². The summed E-state index contributed by atoms with van der Waals surface area (Å²) < 4.78 is 6.80. The quantitative estimate of drug-likeness (QED) is 0.152. The van der Waals surface area contributed by atoms with Crippen molar-refractivity contribution in [3.05, 3.63) is 259 Å². The van der Waals surface area contributed by atoms with Gasteiger partial charge in [-0.2, -0.15) is 0 Å². The molecule has 12 aromatic rings. The number of nitrogens with zero attached hydrogens (tertiary/aromatic N) is 3. The van der Waals surface area contributed by atoms with Crippen LogP contribution in [-0.4, -0.2) is 4.98 Å². The van der Waals surface area contributed by atoms with Gasteiger partial charge in [0.25, 0.3) is 0 Å². The number of aromatic nitrogens is 1. The first-order chi connectivity index (χ1) is 35.7. The molecule has 2 aliphatic carbocycles. The second-order valence-electron chi connectivity index (χ2n) is 20.7. The molecule has 0 N–H and O–H groups in total. The van der Waals surface area contributed by atoms with Gasteiger partial charge < -0.3 is 14.2 Å². The monoisotopic (exact) mass is 937 g/mol. The number of hydrogen-bond donors (Lipinski definition) is 0. The third kappa shape index (κ3) is 6.64. The molecule has 348 valence electrons. The van der Waals surface area contributed by atoms with Crippen molar-refractivity contribution in [3.8, 4) is 44.6 Å². The van der Waals surface area contributed by atoms with E-state index in [-0.39, 0.29) is 10.8 Å². The Morgan fingerprint density at radius 2 is 0.945 bits per heavy atom. The van der Waals surface area contributed by atoms with E-state index >= 15 is 0 Å². The molecule has 0 radical (unpaired) electrons. The van der Waals surface area contributed by atoms with Crippen LogP contribution in [0.2, 0.25) is 0 Å². The number of benzene rings is 10. The van der Waals surface area contributed by atoms with Gasteiger partial charge in [0, 0.05) is 49.6 Å². The molecule has 0 saturated carbocycles. The predicted molar refractivity (Wildman–Crippen MR) is 304 cm³/mol. The first-order valence-corrected chi connectivity index (χ1v) is 25.4. The molecule has 0 saturated heterocycles. The summed E-state index contributed by atoms with van der Waals surface area (Å²) >= 11 is 0. The molecule has 2 aromatic heterocycles. The standard InChI is InChI=1S/C69H51N3O/c1-68(2)58-27-15-13-22-51(58)52-38-35-49(41-60(52)68)71(47-20-9-6-10-21-47)50-36-39-62(70-43-50)46-32-37-57-59(40-46)69(3,4)61-42-64(53-23-11-12-25-55(53)66(57)61)72(48-33-30-45(31-34-48)44-18-7-5-8-19-44)63-28-17-26-56-54-24-14-16-29-65(54)73-67(56)63/h5-43H,1-4H3. The lowest BCUT2D eigenvalue weighted by molar-refractivity contribution is 0.660. The van der Waals surface area contributed by atoms with Crippen LogP contribution in [0.5, 0.6) is 0 Å². The van der Waals surface area contributed by atoms with Crippen molar-refractivity contribution in [3.63, 3.8) is 0 Å². The smallest absolute Gasteiger partial charge is 0.159 e. The fourth-order valence-electron chi connectivity index (χ4n) is 12.2. The molecular weight excluding hydrogens is 887 g/mol. The van der Waals surface area contributed by atoms with Crippen LogP contribution in [-0.2, 0) is 10.8 Å². The van der Waals surface area contributed by atoms with Crippen LogP contribution in [0, 0.1) is 0 Å². The maximum absolute atomic E-state index is 6.80. The molecular formula is C69H51N3O. The van der Waals surface area contributed by atoms with Gasteiger partial charge in [-0.05, 0) is 134 Å². The summed E-state index contributed by atoms with van der Waals surface area (Å²) in [5, 5.41) is 4.60. The Kier molecular flexibility index (Phi) is 9.55. The molecule has 0 unspecified atom stereocenters. The Balaban J connectivity index is 0.871. The zero-order valence-electron chi connectivity index (χ0n) is 41.3. The van der Waals surface area contributed by atoms with Crippen LogP contribution in [0.4, 0.5) is 34.1 Å². The highest BCUT2D eigenvalue weighted by molar-refractivity contribution is 6.14. The van der Waals surface area contributed by atoms with Gasteiger partial charge in [-0.25, -0.2) is 0 Å². The Bertz CT molecular complexity index is 4130. The highest BCUT2D eigenvalue weighted by Gasteiger charge is 2.39. The largest absolute Gasteiger partial charge is 0.454 e. The van der Waals surface area contributed by atoms with Crippen LogP contribution in [0.3, 0.4) is 0 Å². The molecule has 0 bridgehead atoms. The van der Waals surface area contributed by atoms with Gasteiger partial charge in [0.1, 0.15) is 5.58 Å². The molecule has 10 aromatic carbocycles. The van der Waals surface area contributed by atoms with E-state index < -0.39 is 0 Å². The SMILES string of the molecule is CC1(C)c2ccccc2-c2ccc(N(c3ccccc3)c3ccc(-c4ccc5c(c4)C(C)(C)c4cc(N(c6ccc(-c7ccccc7)cc6)c6cccc7c6oc6ccccc67)c6ccccc6c4-5)nc3)cc21. The summed E-state index contributed by atoms with van der Waals surface area (Å²) in [5.41, 5.74) is 22.5. The van der Waals surface area contributed by atoms with Crippen molar-refractivity contribution in [2.45, 2.75) is 38.5 Å². The van der Waals surface area contributed by atoms with E-state index in [0.29, 0.717) is 0 Å². The summed E-state index contributed by atoms with van der Waals surface area (Å²) in [7, 11) is 0. The van der Waals surface area contributed by atoms with E-state index in [0.717, 1.165) is 67.3 Å². The van der Waals surface area contributed by atoms with Crippen molar-refractivity contribution in [2.24, 2.45) is 0 Å². The van der Waals surface area contributed by atoms with Gasteiger partial charge in [-0.3, -0.25) is 4.98 Å². The Morgan fingerprint density at radius 3 is 1.74 bits per heavy atom. The van der Waals surface area contributed by atoms with Gasteiger partial charge in [-0.1, -0.05) is 185 Å². The van der Waals surface area contributed by atoms with Crippen LogP contribution in [0.1, 0.15) is 49.9 Å². The maximum Gasteiger partial charge on any atom is 0.159 e. The topological polar surface area (TPSA) is 32.5 Å². The molecule has 4 nitrogen and oxygen atoms in total. The molecule has 0 spiro atoms. The molecule has 2 heterocycles. The van der Waals surface area contributed by atoms with Crippen molar-refractivity contribution < 1.29 is 4.42 Å². The molecule has 0 aliphatic heterocycles. The lowest BCUT2D eigenvalue weighted by Crippen LogP contribution is -2.17. The zero-order valence-corrected chi connectivity index (χ0v) is 41.3. The zero-order chi connectivity index (χ0) is 49.0. The van der Waals surface area contributed by atoms with Gasteiger partial charge in [0.05, 0.1) is 29.0 Å². The van der Waals surface area contributed by atoms with Crippen molar-refractivity contribution >= 4 is 66.8 Å².